The lowest BCUT2D eigenvalue weighted by atomic mass is 9.95. The fourth-order valence-corrected chi connectivity index (χ4v) is 2.75. The maximum absolute atomic E-state index is 11.3. The van der Waals surface area contributed by atoms with Crippen molar-refractivity contribution in [2.45, 2.75) is 25.4 Å². The van der Waals surface area contributed by atoms with E-state index < -0.39 is 19.5 Å². The van der Waals surface area contributed by atoms with Crippen molar-refractivity contribution in [3.05, 3.63) is 35.4 Å². The van der Waals surface area contributed by atoms with E-state index in [4.69, 9.17) is 5.73 Å². The van der Waals surface area contributed by atoms with Gasteiger partial charge < -0.3 is 5.73 Å². The van der Waals surface area contributed by atoms with Gasteiger partial charge >= 0.3 is 7.94 Å². The summed E-state index contributed by atoms with van der Waals surface area (Å²) in [4.78, 5) is 39.3. The van der Waals surface area contributed by atoms with Gasteiger partial charge in [-0.25, -0.2) is 0 Å². The van der Waals surface area contributed by atoms with Gasteiger partial charge in [0.1, 0.15) is 0 Å². The molecule has 0 radical (unpaired) electrons. The van der Waals surface area contributed by atoms with E-state index in [1.807, 2.05) is 13.8 Å². The number of hydrogen-bond acceptors (Lipinski definition) is 4. The Morgan fingerprint density at radius 3 is 2.00 bits per heavy atom. The molecule has 6 heteroatoms. The molecule has 1 aromatic carbocycles. The van der Waals surface area contributed by atoms with E-state index in [-0.39, 0.29) is 5.92 Å². The Kier molecular flexibility index (Phi) is 4.22. The quantitative estimate of drug-likeness (QED) is 0.606. The highest BCUT2D eigenvalue weighted by molar-refractivity contribution is 7.60. The lowest BCUT2D eigenvalue weighted by Crippen LogP contribution is -2.24. The summed E-state index contributed by atoms with van der Waals surface area (Å²) < 4.78 is 0. The number of amides is 1. The van der Waals surface area contributed by atoms with Crippen molar-refractivity contribution in [1.82, 2.24) is 0 Å². The first-order chi connectivity index (χ1) is 7.75. The highest BCUT2D eigenvalue weighted by Gasteiger charge is 2.49. The first-order valence-corrected chi connectivity index (χ1v) is 6.92. The van der Waals surface area contributed by atoms with Gasteiger partial charge in [0.25, 0.3) is 11.6 Å². The predicted octanol–water partition coefficient (Wildman–Crippen LogP) is 1.08. The molecule has 0 aliphatic heterocycles. The van der Waals surface area contributed by atoms with Crippen LogP contribution < -0.4 is 5.73 Å². The Hall–Kier alpha value is -1.00. The lowest BCUT2D eigenvalue weighted by Gasteiger charge is -2.19. The van der Waals surface area contributed by atoms with Crippen molar-refractivity contribution < 1.29 is 19.5 Å². The van der Waals surface area contributed by atoms with Crippen LogP contribution in [0.3, 0.4) is 0 Å². The minimum atomic E-state index is -4.35. The third-order valence-corrected chi connectivity index (χ3v) is 3.75. The summed E-state index contributed by atoms with van der Waals surface area (Å²) in [6.07, 6.45) is 0. The summed E-state index contributed by atoms with van der Waals surface area (Å²) >= 11 is 0. The van der Waals surface area contributed by atoms with Gasteiger partial charge in [0.15, 0.2) is 0 Å². The maximum atomic E-state index is 11.3. The number of carbonyl (C=O) groups excluding carboxylic acids is 1. The van der Waals surface area contributed by atoms with Crippen molar-refractivity contribution in [1.29, 1.82) is 0 Å². The molecule has 1 atom stereocenters. The van der Waals surface area contributed by atoms with Crippen molar-refractivity contribution in [3.63, 3.8) is 0 Å². The molecule has 0 aliphatic carbocycles. The second-order valence-electron chi connectivity index (χ2n) is 4.20. The van der Waals surface area contributed by atoms with Gasteiger partial charge in [-0.2, -0.15) is 14.7 Å². The molecule has 1 amide bonds. The zero-order valence-corrected chi connectivity index (χ0v) is 10.6. The van der Waals surface area contributed by atoms with Gasteiger partial charge in [-0.15, -0.1) is 0 Å². The molecule has 0 aromatic heterocycles. The average molecular weight is 258 g/mol. The van der Waals surface area contributed by atoms with Crippen LogP contribution >= 0.6 is 7.94 Å². The fourth-order valence-electron chi connectivity index (χ4n) is 1.80. The van der Waals surface area contributed by atoms with Crippen LogP contribution in [0.1, 0.15) is 36.6 Å². The van der Waals surface area contributed by atoms with Crippen LogP contribution in [-0.2, 0) is 4.79 Å². The number of primary amides is 1. The van der Waals surface area contributed by atoms with E-state index in [1.54, 1.807) is 24.3 Å². The van der Waals surface area contributed by atoms with E-state index in [9.17, 15) is 19.5 Å². The number of nitrogens with two attached hydrogens (primary N) is 1. The van der Waals surface area contributed by atoms with Crippen molar-refractivity contribution >= 4 is 13.9 Å². The molecule has 1 unspecified atom stereocenters. The zero-order chi connectivity index (χ0) is 13.2. The van der Waals surface area contributed by atoms with E-state index in [0.717, 1.165) is 5.56 Å². The summed E-state index contributed by atoms with van der Waals surface area (Å²) in [5.41, 5.74) is 4.81. The van der Waals surface area contributed by atoms with Gasteiger partial charge in [-0.1, -0.05) is 38.1 Å². The van der Waals surface area contributed by atoms with Gasteiger partial charge in [0.2, 0.25) is 0 Å². The average Bonchev–Trinajstić information content (AvgIpc) is 2.15. The summed E-state index contributed by atoms with van der Waals surface area (Å²) in [5.74, 6) is -0.862. The molecular weight excluding hydrogens is 241 g/mol. The molecular formula is C11H17NO4P+. The largest absolute Gasteiger partial charge is 0.421 e. The van der Waals surface area contributed by atoms with Crippen molar-refractivity contribution in [2.75, 3.05) is 0 Å². The van der Waals surface area contributed by atoms with Crippen LogP contribution in [0.15, 0.2) is 24.3 Å². The van der Waals surface area contributed by atoms with Crippen LogP contribution in [0.2, 0.25) is 0 Å². The summed E-state index contributed by atoms with van der Waals surface area (Å²) in [6, 6.07) is 6.78. The molecule has 17 heavy (non-hydrogen) atoms. The van der Waals surface area contributed by atoms with Crippen molar-refractivity contribution in [3.8, 4) is 0 Å². The van der Waals surface area contributed by atoms with Crippen molar-refractivity contribution in [2.24, 2.45) is 5.73 Å². The van der Waals surface area contributed by atoms with Crippen LogP contribution in [0, 0.1) is 0 Å². The van der Waals surface area contributed by atoms with E-state index in [1.165, 1.54) is 0 Å². The van der Waals surface area contributed by atoms with Gasteiger partial charge in [-0.3, -0.25) is 4.79 Å². The number of rotatable bonds is 4. The third kappa shape index (κ3) is 3.23. The normalized spacial score (nSPS) is 13.8. The van der Waals surface area contributed by atoms with Crippen LogP contribution in [-0.4, -0.2) is 20.6 Å². The monoisotopic (exact) mass is 258 g/mol. The molecule has 0 saturated heterocycles. The van der Waals surface area contributed by atoms with E-state index in [2.05, 4.69) is 0 Å². The standard InChI is InChI=1S/C11H16NO4P/c1-7(2)8-5-3-4-6-9(8)10(11(12)13)17(14,15)16/h3-7,10,14-16H,1-2H3,(H-,12,13)/p+1. The Labute approximate surface area is 100 Å². The minimum Gasteiger partial charge on any atom is -0.366 e. The Morgan fingerprint density at radius 2 is 1.65 bits per heavy atom. The molecule has 5 nitrogen and oxygen atoms in total. The molecule has 0 heterocycles. The maximum Gasteiger partial charge on any atom is 0.421 e. The Bertz CT molecular complexity index is 414. The Morgan fingerprint density at radius 1 is 1.18 bits per heavy atom. The summed E-state index contributed by atoms with van der Waals surface area (Å²) in [7, 11) is -4.35. The number of hydrogen-bond donors (Lipinski definition) is 4. The summed E-state index contributed by atoms with van der Waals surface area (Å²) in [6.45, 7) is 3.81. The minimum absolute atomic E-state index is 0.0830. The zero-order valence-electron chi connectivity index (χ0n) is 9.74. The molecule has 0 bridgehead atoms. The lowest BCUT2D eigenvalue weighted by molar-refractivity contribution is -0.118. The number of carbonyl (C=O) groups is 1. The second kappa shape index (κ2) is 5.10. The molecule has 1 aromatic rings. The van der Waals surface area contributed by atoms with Gasteiger partial charge in [-0.05, 0) is 11.5 Å². The molecule has 5 N–H and O–H groups in total. The van der Waals surface area contributed by atoms with Crippen LogP contribution in [0.25, 0.3) is 0 Å². The number of benzene rings is 1. The van der Waals surface area contributed by atoms with E-state index in [0.29, 0.717) is 5.56 Å². The molecule has 94 valence electrons. The van der Waals surface area contributed by atoms with E-state index >= 15 is 0 Å². The van der Waals surface area contributed by atoms with Gasteiger partial charge in [0.05, 0.1) is 0 Å². The van der Waals surface area contributed by atoms with Crippen LogP contribution in [0.5, 0.6) is 0 Å². The molecule has 0 saturated carbocycles. The topological polar surface area (TPSA) is 104 Å². The molecule has 1 rings (SSSR count). The SMILES string of the molecule is CC(C)c1ccccc1C(C(N)=O)[P+](O)(O)O. The van der Waals surface area contributed by atoms with Gasteiger partial charge in [0, 0.05) is 5.56 Å². The molecule has 0 aliphatic rings. The molecule has 0 fully saturated rings. The first-order valence-electron chi connectivity index (χ1n) is 5.20. The predicted molar refractivity (Wildman–Crippen MR) is 66.0 cm³/mol. The van der Waals surface area contributed by atoms with Crippen LogP contribution in [0.4, 0.5) is 0 Å². The first kappa shape index (κ1) is 14.1. The molecule has 0 spiro atoms. The summed E-state index contributed by atoms with van der Waals surface area (Å²) in [5, 5.41) is 0. The highest BCUT2D eigenvalue weighted by Crippen LogP contribution is 2.59. The highest BCUT2D eigenvalue weighted by atomic mass is 31.2. The smallest absolute Gasteiger partial charge is 0.366 e. The fraction of sp³-hybridized carbons (Fsp3) is 0.364. The Balaban J connectivity index is 3.34. The second-order valence-corrected chi connectivity index (χ2v) is 5.95. The third-order valence-electron chi connectivity index (χ3n) is 2.53.